The molecule has 0 aliphatic heterocycles. The molecule has 0 spiro atoms. The molecule has 1 aromatic heterocycles. The van der Waals surface area contributed by atoms with Crippen LogP contribution in [0.5, 0.6) is 0 Å². The molecule has 6 heteroatoms. The second kappa shape index (κ2) is 6.02. The molecule has 0 saturated carbocycles. The second-order valence-corrected chi connectivity index (χ2v) is 3.19. The van der Waals surface area contributed by atoms with Gasteiger partial charge in [0.15, 0.2) is 5.82 Å². The molecule has 0 unspecified atom stereocenters. The van der Waals surface area contributed by atoms with E-state index in [4.69, 9.17) is 9.84 Å². The maximum Gasteiger partial charge on any atom is 0.339 e. The Kier molecular flexibility index (Phi) is 4.65. The molecule has 0 atom stereocenters. The van der Waals surface area contributed by atoms with Gasteiger partial charge in [-0.3, -0.25) is 0 Å². The molecule has 1 rings (SSSR count). The van der Waals surface area contributed by atoms with Crippen LogP contribution in [0.15, 0.2) is 12.3 Å². The van der Waals surface area contributed by atoms with Crippen molar-refractivity contribution in [2.75, 3.05) is 31.7 Å². The van der Waals surface area contributed by atoms with E-state index in [0.717, 1.165) is 0 Å². The quantitative estimate of drug-likeness (QED) is 0.716. The monoisotopic (exact) mass is 225 g/mol. The molecule has 88 valence electrons. The van der Waals surface area contributed by atoms with Gasteiger partial charge in [-0.2, -0.15) is 5.10 Å². The number of hydrogen-bond donors (Lipinski definition) is 1. The lowest BCUT2D eigenvalue weighted by Crippen LogP contribution is -2.26. The van der Waals surface area contributed by atoms with Gasteiger partial charge in [0.1, 0.15) is 5.56 Å². The lowest BCUT2D eigenvalue weighted by molar-refractivity contribution is 0.0696. The molecule has 6 nitrogen and oxygen atoms in total. The van der Waals surface area contributed by atoms with Crippen LogP contribution in [0.1, 0.15) is 17.3 Å². The van der Waals surface area contributed by atoms with Crippen LogP contribution >= 0.6 is 0 Å². The number of nitrogens with zero attached hydrogens (tertiary/aromatic N) is 3. The van der Waals surface area contributed by atoms with E-state index in [0.29, 0.717) is 25.6 Å². The van der Waals surface area contributed by atoms with E-state index >= 15 is 0 Å². The van der Waals surface area contributed by atoms with Crippen molar-refractivity contribution < 1.29 is 14.6 Å². The summed E-state index contributed by atoms with van der Waals surface area (Å²) in [4.78, 5) is 12.6. The highest BCUT2D eigenvalue weighted by Crippen LogP contribution is 2.13. The SMILES string of the molecule is CCOCCN(C)c1nnccc1C(=O)O. The Balaban J connectivity index is 2.74. The van der Waals surface area contributed by atoms with Crippen molar-refractivity contribution in [3.8, 4) is 0 Å². The minimum Gasteiger partial charge on any atom is -0.478 e. The first kappa shape index (κ1) is 12.4. The Morgan fingerprint density at radius 2 is 2.38 bits per heavy atom. The number of carboxylic acid groups (broad SMARTS) is 1. The molecule has 0 aliphatic carbocycles. The standard InChI is InChI=1S/C10H15N3O3/c1-3-16-7-6-13(2)9-8(10(14)15)4-5-11-12-9/h4-5H,3,6-7H2,1-2H3,(H,14,15). The van der Waals surface area contributed by atoms with Crippen molar-refractivity contribution in [2.24, 2.45) is 0 Å². The third-order valence-corrected chi connectivity index (χ3v) is 2.07. The van der Waals surface area contributed by atoms with E-state index < -0.39 is 5.97 Å². The van der Waals surface area contributed by atoms with Gasteiger partial charge in [-0.15, -0.1) is 5.10 Å². The van der Waals surface area contributed by atoms with Crippen LogP contribution in [0, 0.1) is 0 Å². The molecule has 0 radical (unpaired) electrons. The summed E-state index contributed by atoms with van der Waals surface area (Å²) in [5.41, 5.74) is 0.147. The Morgan fingerprint density at radius 3 is 3.00 bits per heavy atom. The molecule has 0 aliphatic rings. The van der Waals surface area contributed by atoms with Gasteiger partial charge >= 0.3 is 5.97 Å². The minimum atomic E-state index is -1.01. The highest BCUT2D eigenvalue weighted by molar-refractivity contribution is 5.92. The zero-order valence-electron chi connectivity index (χ0n) is 9.38. The molecule has 1 aromatic rings. The first-order chi connectivity index (χ1) is 7.66. The highest BCUT2D eigenvalue weighted by Gasteiger charge is 2.14. The largest absolute Gasteiger partial charge is 0.478 e. The summed E-state index contributed by atoms with van der Waals surface area (Å²) in [6.07, 6.45) is 1.36. The summed E-state index contributed by atoms with van der Waals surface area (Å²) in [6, 6.07) is 1.43. The number of hydrogen-bond acceptors (Lipinski definition) is 5. The first-order valence-electron chi connectivity index (χ1n) is 5.00. The van der Waals surface area contributed by atoms with Crippen molar-refractivity contribution in [3.05, 3.63) is 17.8 Å². The van der Waals surface area contributed by atoms with Crippen molar-refractivity contribution >= 4 is 11.8 Å². The highest BCUT2D eigenvalue weighted by atomic mass is 16.5. The number of carbonyl (C=O) groups is 1. The van der Waals surface area contributed by atoms with Crippen LogP contribution in [-0.2, 0) is 4.74 Å². The molecule has 0 amide bonds. The van der Waals surface area contributed by atoms with E-state index in [1.165, 1.54) is 12.3 Å². The van der Waals surface area contributed by atoms with Gasteiger partial charge in [0, 0.05) is 20.2 Å². The van der Waals surface area contributed by atoms with Gasteiger partial charge in [0.2, 0.25) is 0 Å². The van der Waals surface area contributed by atoms with Crippen molar-refractivity contribution in [1.29, 1.82) is 0 Å². The van der Waals surface area contributed by atoms with Crippen LogP contribution in [0.2, 0.25) is 0 Å². The van der Waals surface area contributed by atoms with Gasteiger partial charge in [0.05, 0.1) is 12.8 Å². The molecule has 0 aromatic carbocycles. The number of rotatable bonds is 6. The lowest BCUT2D eigenvalue weighted by atomic mass is 10.2. The molecule has 1 N–H and O–H groups in total. The Hall–Kier alpha value is -1.69. The molecule has 1 heterocycles. The fourth-order valence-electron chi connectivity index (χ4n) is 1.22. The predicted octanol–water partition coefficient (Wildman–Crippen LogP) is 0.647. The zero-order valence-corrected chi connectivity index (χ0v) is 9.38. The van der Waals surface area contributed by atoms with Crippen molar-refractivity contribution in [3.63, 3.8) is 0 Å². The smallest absolute Gasteiger partial charge is 0.339 e. The van der Waals surface area contributed by atoms with Gasteiger partial charge in [-0.1, -0.05) is 0 Å². The Bertz CT molecular complexity index is 357. The summed E-state index contributed by atoms with van der Waals surface area (Å²) < 4.78 is 5.19. The average Bonchev–Trinajstić information content (AvgIpc) is 2.29. The van der Waals surface area contributed by atoms with E-state index in [-0.39, 0.29) is 5.56 Å². The molecule has 0 bridgehead atoms. The Morgan fingerprint density at radius 1 is 1.62 bits per heavy atom. The van der Waals surface area contributed by atoms with Gasteiger partial charge < -0.3 is 14.7 Å². The summed E-state index contributed by atoms with van der Waals surface area (Å²) >= 11 is 0. The van der Waals surface area contributed by atoms with Crippen LogP contribution in [0.25, 0.3) is 0 Å². The summed E-state index contributed by atoms with van der Waals surface area (Å²) in [5.74, 6) is -0.650. The third-order valence-electron chi connectivity index (χ3n) is 2.07. The van der Waals surface area contributed by atoms with Crippen molar-refractivity contribution in [1.82, 2.24) is 10.2 Å². The van der Waals surface area contributed by atoms with Crippen LogP contribution in [0.3, 0.4) is 0 Å². The molecule has 0 fully saturated rings. The number of carboxylic acids is 1. The van der Waals surface area contributed by atoms with E-state index in [2.05, 4.69) is 10.2 Å². The number of aromatic nitrogens is 2. The van der Waals surface area contributed by atoms with E-state index in [1.54, 1.807) is 11.9 Å². The predicted molar refractivity (Wildman–Crippen MR) is 58.8 cm³/mol. The van der Waals surface area contributed by atoms with Crippen LogP contribution < -0.4 is 4.90 Å². The van der Waals surface area contributed by atoms with E-state index in [1.807, 2.05) is 6.92 Å². The number of aromatic carboxylic acids is 1. The fraction of sp³-hybridized carbons (Fsp3) is 0.500. The van der Waals surface area contributed by atoms with Gasteiger partial charge in [-0.25, -0.2) is 4.79 Å². The maximum atomic E-state index is 10.9. The van der Waals surface area contributed by atoms with Gasteiger partial charge in [-0.05, 0) is 13.0 Å². The maximum absolute atomic E-state index is 10.9. The number of likely N-dealkylation sites (N-methyl/N-ethyl adjacent to an activating group) is 1. The average molecular weight is 225 g/mol. The second-order valence-electron chi connectivity index (χ2n) is 3.19. The molecule has 0 saturated heterocycles. The number of anilines is 1. The Labute approximate surface area is 93.9 Å². The van der Waals surface area contributed by atoms with Gasteiger partial charge in [0.25, 0.3) is 0 Å². The minimum absolute atomic E-state index is 0.147. The lowest BCUT2D eigenvalue weighted by Gasteiger charge is -2.18. The summed E-state index contributed by atoms with van der Waals surface area (Å²) in [6.45, 7) is 3.65. The normalized spacial score (nSPS) is 10.1. The van der Waals surface area contributed by atoms with Crippen LogP contribution in [-0.4, -0.2) is 48.1 Å². The third kappa shape index (κ3) is 3.16. The van der Waals surface area contributed by atoms with Crippen molar-refractivity contribution in [2.45, 2.75) is 6.92 Å². The zero-order chi connectivity index (χ0) is 12.0. The fourth-order valence-corrected chi connectivity index (χ4v) is 1.22. The molecular formula is C10H15N3O3. The first-order valence-corrected chi connectivity index (χ1v) is 5.00. The van der Waals surface area contributed by atoms with E-state index in [9.17, 15) is 4.79 Å². The van der Waals surface area contributed by atoms with Crippen LogP contribution in [0.4, 0.5) is 5.82 Å². The molecular weight excluding hydrogens is 210 g/mol. The number of ether oxygens (including phenoxy) is 1. The summed E-state index contributed by atoms with van der Waals surface area (Å²) in [5, 5.41) is 16.5. The topological polar surface area (TPSA) is 75.5 Å². The summed E-state index contributed by atoms with van der Waals surface area (Å²) in [7, 11) is 1.76. The molecule has 16 heavy (non-hydrogen) atoms.